The zero-order valence-corrected chi connectivity index (χ0v) is 10.1. The van der Waals surface area contributed by atoms with E-state index < -0.39 is 0 Å². The standard InChI is InChI=1S/C13H12N2O3/c1-9-3-4-10(7-13(9)15(16)17)12-8-11(18-2)5-6-14-12/h3-8H,1-2H3. The Hall–Kier alpha value is -2.43. The van der Waals surface area contributed by atoms with Gasteiger partial charge in [0, 0.05) is 29.5 Å². The summed E-state index contributed by atoms with van der Waals surface area (Å²) in [5.74, 6) is 0.670. The number of nitro benzene ring substituents is 1. The molecular formula is C13H12N2O3. The number of benzene rings is 1. The number of nitrogens with zero attached hydrogens (tertiary/aromatic N) is 2. The number of nitro groups is 1. The third-order valence-electron chi connectivity index (χ3n) is 2.67. The summed E-state index contributed by atoms with van der Waals surface area (Å²) in [7, 11) is 1.57. The van der Waals surface area contributed by atoms with E-state index in [2.05, 4.69) is 4.98 Å². The van der Waals surface area contributed by atoms with Crippen molar-refractivity contribution < 1.29 is 9.66 Å². The van der Waals surface area contributed by atoms with Gasteiger partial charge in [0.1, 0.15) is 5.75 Å². The maximum Gasteiger partial charge on any atom is 0.272 e. The molecule has 0 aliphatic rings. The summed E-state index contributed by atoms with van der Waals surface area (Å²) < 4.78 is 5.10. The summed E-state index contributed by atoms with van der Waals surface area (Å²) in [4.78, 5) is 14.7. The molecule has 0 amide bonds. The minimum absolute atomic E-state index is 0.0946. The second kappa shape index (κ2) is 4.83. The maximum absolute atomic E-state index is 10.9. The molecular weight excluding hydrogens is 232 g/mol. The molecule has 0 N–H and O–H groups in total. The van der Waals surface area contributed by atoms with Crippen molar-refractivity contribution in [3.63, 3.8) is 0 Å². The number of methoxy groups -OCH3 is 1. The lowest BCUT2D eigenvalue weighted by atomic mass is 10.1. The van der Waals surface area contributed by atoms with Crippen LogP contribution in [0.2, 0.25) is 0 Å². The molecule has 0 aliphatic heterocycles. The summed E-state index contributed by atoms with van der Waals surface area (Å²) in [6.07, 6.45) is 1.61. The lowest BCUT2D eigenvalue weighted by molar-refractivity contribution is -0.385. The Morgan fingerprint density at radius 3 is 2.72 bits per heavy atom. The predicted molar refractivity (Wildman–Crippen MR) is 67.6 cm³/mol. The first kappa shape index (κ1) is 12.0. The van der Waals surface area contributed by atoms with Crippen molar-refractivity contribution in [1.82, 2.24) is 4.98 Å². The molecule has 5 heteroatoms. The Bertz CT molecular complexity index is 597. The summed E-state index contributed by atoms with van der Waals surface area (Å²) in [6.45, 7) is 1.71. The SMILES string of the molecule is COc1ccnc(-c2ccc(C)c([N+](=O)[O-])c2)c1. The molecule has 18 heavy (non-hydrogen) atoms. The van der Waals surface area contributed by atoms with E-state index in [4.69, 9.17) is 4.74 Å². The number of rotatable bonds is 3. The Balaban J connectivity index is 2.50. The summed E-state index contributed by atoms with van der Waals surface area (Å²) in [5, 5.41) is 10.9. The van der Waals surface area contributed by atoms with Crippen LogP contribution in [0.3, 0.4) is 0 Å². The fourth-order valence-electron chi connectivity index (χ4n) is 1.66. The molecule has 1 aromatic heterocycles. The normalized spacial score (nSPS) is 10.1. The zero-order valence-electron chi connectivity index (χ0n) is 10.1. The van der Waals surface area contributed by atoms with E-state index in [0.29, 0.717) is 22.6 Å². The van der Waals surface area contributed by atoms with Gasteiger partial charge >= 0.3 is 0 Å². The van der Waals surface area contributed by atoms with E-state index in [1.54, 1.807) is 38.4 Å². The quantitative estimate of drug-likeness (QED) is 0.615. The van der Waals surface area contributed by atoms with Gasteiger partial charge in [0.25, 0.3) is 5.69 Å². The molecule has 92 valence electrons. The van der Waals surface area contributed by atoms with Gasteiger partial charge in [0.2, 0.25) is 0 Å². The van der Waals surface area contributed by atoms with Gasteiger partial charge in [-0.1, -0.05) is 12.1 Å². The number of hydrogen-bond donors (Lipinski definition) is 0. The van der Waals surface area contributed by atoms with Gasteiger partial charge in [-0.3, -0.25) is 15.1 Å². The van der Waals surface area contributed by atoms with Gasteiger partial charge in [-0.15, -0.1) is 0 Å². The van der Waals surface area contributed by atoms with Gasteiger partial charge < -0.3 is 4.74 Å². The first-order valence-corrected chi connectivity index (χ1v) is 5.37. The average molecular weight is 244 g/mol. The zero-order chi connectivity index (χ0) is 13.1. The highest BCUT2D eigenvalue weighted by Gasteiger charge is 2.12. The summed E-state index contributed by atoms with van der Waals surface area (Å²) in [6, 6.07) is 8.52. The molecule has 0 bridgehead atoms. The summed E-state index contributed by atoms with van der Waals surface area (Å²) in [5.41, 5.74) is 2.08. The third-order valence-corrected chi connectivity index (χ3v) is 2.67. The molecule has 1 heterocycles. The van der Waals surface area contributed by atoms with Crippen LogP contribution in [0.15, 0.2) is 36.5 Å². The highest BCUT2D eigenvalue weighted by Crippen LogP contribution is 2.27. The van der Waals surface area contributed by atoms with Crippen molar-refractivity contribution in [3.05, 3.63) is 52.2 Å². The first-order valence-electron chi connectivity index (χ1n) is 5.37. The van der Waals surface area contributed by atoms with Crippen LogP contribution in [-0.2, 0) is 0 Å². The van der Waals surface area contributed by atoms with Crippen LogP contribution < -0.4 is 4.74 Å². The van der Waals surface area contributed by atoms with Crippen molar-refractivity contribution in [2.45, 2.75) is 6.92 Å². The monoisotopic (exact) mass is 244 g/mol. The molecule has 0 unspecified atom stereocenters. The van der Waals surface area contributed by atoms with Gasteiger partial charge in [-0.05, 0) is 13.0 Å². The fourth-order valence-corrected chi connectivity index (χ4v) is 1.66. The first-order chi connectivity index (χ1) is 8.61. The van der Waals surface area contributed by atoms with Crippen molar-refractivity contribution >= 4 is 5.69 Å². The number of aromatic nitrogens is 1. The van der Waals surface area contributed by atoms with Crippen LogP contribution >= 0.6 is 0 Å². The molecule has 5 nitrogen and oxygen atoms in total. The Morgan fingerprint density at radius 2 is 2.06 bits per heavy atom. The van der Waals surface area contributed by atoms with Gasteiger partial charge in [-0.2, -0.15) is 0 Å². The van der Waals surface area contributed by atoms with Gasteiger partial charge in [-0.25, -0.2) is 0 Å². The molecule has 0 radical (unpaired) electrons. The van der Waals surface area contributed by atoms with Crippen LogP contribution in [0, 0.1) is 17.0 Å². The number of hydrogen-bond acceptors (Lipinski definition) is 4. The maximum atomic E-state index is 10.9. The minimum atomic E-state index is -0.390. The highest BCUT2D eigenvalue weighted by atomic mass is 16.6. The molecule has 0 saturated heterocycles. The second-order valence-corrected chi connectivity index (χ2v) is 3.84. The van der Waals surface area contributed by atoms with Crippen LogP contribution in [0.5, 0.6) is 5.75 Å². The van der Waals surface area contributed by atoms with Crippen molar-refractivity contribution in [2.75, 3.05) is 7.11 Å². The Labute approximate surface area is 104 Å². The van der Waals surface area contributed by atoms with E-state index in [-0.39, 0.29) is 10.6 Å². The molecule has 2 rings (SSSR count). The van der Waals surface area contributed by atoms with E-state index in [1.807, 2.05) is 6.07 Å². The molecule has 0 atom stereocenters. The number of pyridine rings is 1. The van der Waals surface area contributed by atoms with Crippen LogP contribution in [-0.4, -0.2) is 17.0 Å². The molecule has 0 fully saturated rings. The van der Waals surface area contributed by atoms with E-state index in [9.17, 15) is 10.1 Å². The average Bonchev–Trinajstić information content (AvgIpc) is 2.39. The van der Waals surface area contributed by atoms with Crippen molar-refractivity contribution in [3.8, 4) is 17.0 Å². The Kier molecular flexibility index (Phi) is 3.23. The molecule has 0 aliphatic carbocycles. The molecule has 1 aromatic carbocycles. The molecule has 0 saturated carbocycles. The van der Waals surface area contributed by atoms with E-state index >= 15 is 0 Å². The van der Waals surface area contributed by atoms with Gasteiger partial charge in [0.05, 0.1) is 17.7 Å². The number of aryl methyl sites for hydroxylation is 1. The molecule has 2 aromatic rings. The third kappa shape index (κ3) is 2.29. The smallest absolute Gasteiger partial charge is 0.272 e. The Morgan fingerprint density at radius 1 is 1.28 bits per heavy atom. The van der Waals surface area contributed by atoms with E-state index in [0.717, 1.165) is 0 Å². The number of ether oxygens (including phenoxy) is 1. The van der Waals surface area contributed by atoms with E-state index in [1.165, 1.54) is 6.07 Å². The van der Waals surface area contributed by atoms with Crippen LogP contribution in [0.1, 0.15) is 5.56 Å². The predicted octanol–water partition coefficient (Wildman–Crippen LogP) is 2.97. The van der Waals surface area contributed by atoms with Crippen LogP contribution in [0.4, 0.5) is 5.69 Å². The topological polar surface area (TPSA) is 65.3 Å². The van der Waals surface area contributed by atoms with Crippen molar-refractivity contribution in [2.24, 2.45) is 0 Å². The largest absolute Gasteiger partial charge is 0.497 e. The lowest BCUT2D eigenvalue weighted by Gasteiger charge is -2.04. The van der Waals surface area contributed by atoms with Crippen LogP contribution in [0.25, 0.3) is 11.3 Å². The summed E-state index contributed by atoms with van der Waals surface area (Å²) >= 11 is 0. The van der Waals surface area contributed by atoms with Gasteiger partial charge in [0.15, 0.2) is 0 Å². The fraction of sp³-hybridized carbons (Fsp3) is 0.154. The van der Waals surface area contributed by atoms with Crippen molar-refractivity contribution in [1.29, 1.82) is 0 Å². The second-order valence-electron chi connectivity index (χ2n) is 3.84. The lowest BCUT2D eigenvalue weighted by Crippen LogP contribution is -1.93. The molecule has 0 spiro atoms. The highest BCUT2D eigenvalue weighted by molar-refractivity contribution is 5.65. The minimum Gasteiger partial charge on any atom is -0.497 e.